The van der Waals surface area contributed by atoms with Gasteiger partial charge in [-0.2, -0.15) is 0 Å². The number of rotatable bonds is 4. The number of hydrogen-bond donors (Lipinski definition) is 1. The van der Waals surface area contributed by atoms with Crippen LogP contribution in [0.25, 0.3) is 0 Å². The fraction of sp³-hybridized carbons (Fsp3) is 0.444. The van der Waals surface area contributed by atoms with E-state index >= 15 is 0 Å². The molecule has 1 aromatic rings. The van der Waals surface area contributed by atoms with Crippen molar-refractivity contribution in [3.8, 4) is 5.75 Å². The minimum Gasteiger partial charge on any atom is -0.487 e. The van der Waals surface area contributed by atoms with Crippen LogP contribution in [0.3, 0.4) is 0 Å². The third-order valence-electron chi connectivity index (χ3n) is 1.50. The number of hydrogen-bond acceptors (Lipinski definition) is 5. The molecule has 0 saturated carbocycles. The molecule has 0 aliphatic heterocycles. The summed E-state index contributed by atoms with van der Waals surface area (Å²) in [5, 5.41) is 19.7. The van der Waals surface area contributed by atoms with Crippen LogP contribution in [0.1, 0.15) is 13.8 Å². The molecule has 0 aliphatic carbocycles. The van der Waals surface area contributed by atoms with Gasteiger partial charge in [-0.1, -0.05) is 0 Å². The first kappa shape index (κ1) is 11.4. The van der Waals surface area contributed by atoms with Crippen LogP contribution >= 0.6 is 0 Å². The molecule has 15 heavy (non-hydrogen) atoms. The van der Waals surface area contributed by atoms with Gasteiger partial charge in [0.25, 0.3) is 0 Å². The second kappa shape index (κ2) is 4.22. The number of pyridine rings is 1. The lowest BCUT2D eigenvalue weighted by atomic mass is 10.2. The van der Waals surface area contributed by atoms with Gasteiger partial charge in [-0.3, -0.25) is 0 Å². The lowest BCUT2D eigenvalue weighted by molar-refractivity contribution is -0.389. The zero-order valence-corrected chi connectivity index (χ0v) is 8.51. The normalized spacial score (nSPS) is 11.1. The number of nitrogens with zero attached hydrogens (tertiary/aromatic N) is 2. The minimum absolute atomic E-state index is 0.104. The number of ether oxygens (including phenoxy) is 1. The zero-order valence-electron chi connectivity index (χ0n) is 8.51. The number of aliphatic hydroxyl groups is 1. The van der Waals surface area contributed by atoms with Crippen molar-refractivity contribution in [1.29, 1.82) is 0 Å². The smallest absolute Gasteiger partial charge is 0.363 e. The van der Waals surface area contributed by atoms with Crippen LogP contribution in [-0.4, -0.2) is 27.2 Å². The average Bonchev–Trinajstić information content (AvgIpc) is 2.14. The molecule has 0 fully saturated rings. The first-order valence-corrected chi connectivity index (χ1v) is 4.34. The highest BCUT2D eigenvalue weighted by Crippen LogP contribution is 2.15. The molecule has 1 aromatic heterocycles. The summed E-state index contributed by atoms with van der Waals surface area (Å²) in [6, 6.07) is 2.69. The van der Waals surface area contributed by atoms with Crippen LogP contribution in [-0.2, 0) is 0 Å². The molecule has 0 radical (unpaired) electrons. The van der Waals surface area contributed by atoms with Crippen LogP contribution in [0, 0.1) is 10.1 Å². The van der Waals surface area contributed by atoms with Gasteiger partial charge in [-0.15, -0.1) is 0 Å². The van der Waals surface area contributed by atoms with E-state index in [2.05, 4.69) is 4.98 Å². The van der Waals surface area contributed by atoms with E-state index in [4.69, 9.17) is 4.74 Å². The Morgan fingerprint density at radius 2 is 2.27 bits per heavy atom. The third-order valence-corrected chi connectivity index (χ3v) is 1.50. The quantitative estimate of drug-likeness (QED) is 0.597. The van der Waals surface area contributed by atoms with Crippen molar-refractivity contribution in [3.05, 3.63) is 28.4 Å². The molecular formula is C9H12N2O4. The fourth-order valence-corrected chi connectivity index (χ4v) is 0.826. The largest absolute Gasteiger partial charge is 0.487 e. The van der Waals surface area contributed by atoms with Crippen molar-refractivity contribution in [1.82, 2.24) is 4.98 Å². The molecule has 6 nitrogen and oxygen atoms in total. The summed E-state index contributed by atoms with van der Waals surface area (Å²) in [6.45, 7) is 3.31. The summed E-state index contributed by atoms with van der Waals surface area (Å²) in [5.74, 6) is 0.160. The molecule has 1 rings (SSSR count). The summed E-state index contributed by atoms with van der Waals surface area (Å²) in [6.07, 6.45) is 1.25. The van der Waals surface area contributed by atoms with E-state index in [-0.39, 0.29) is 12.4 Å². The molecule has 0 spiro atoms. The van der Waals surface area contributed by atoms with Crippen molar-refractivity contribution in [2.24, 2.45) is 0 Å². The monoisotopic (exact) mass is 212 g/mol. The maximum absolute atomic E-state index is 10.3. The lowest BCUT2D eigenvalue weighted by Crippen LogP contribution is -2.27. The number of aromatic nitrogens is 1. The summed E-state index contributed by atoms with van der Waals surface area (Å²) in [7, 11) is 0. The maximum atomic E-state index is 10.3. The van der Waals surface area contributed by atoms with Crippen LogP contribution in [0.2, 0.25) is 0 Å². The molecule has 6 heteroatoms. The van der Waals surface area contributed by atoms with Crippen LogP contribution in [0.5, 0.6) is 5.75 Å². The first-order valence-electron chi connectivity index (χ1n) is 4.34. The van der Waals surface area contributed by atoms with E-state index < -0.39 is 10.5 Å². The highest BCUT2D eigenvalue weighted by Gasteiger charge is 2.14. The SMILES string of the molecule is CC(C)(O)COc1ccc([N+](=O)[O-])nc1. The minimum atomic E-state index is -0.943. The molecule has 0 atom stereocenters. The third kappa shape index (κ3) is 3.90. The van der Waals surface area contributed by atoms with E-state index in [1.807, 2.05) is 0 Å². The molecule has 0 aromatic carbocycles. The van der Waals surface area contributed by atoms with E-state index in [9.17, 15) is 15.2 Å². The van der Waals surface area contributed by atoms with Gasteiger partial charge in [0, 0.05) is 6.07 Å². The molecule has 1 N–H and O–H groups in total. The topological polar surface area (TPSA) is 85.5 Å². The summed E-state index contributed by atoms with van der Waals surface area (Å²) in [5.41, 5.74) is -0.943. The van der Waals surface area contributed by atoms with Crippen molar-refractivity contribution in [3.63, 3.8) is 0 Å². The molecular weight excluding hydrogens is 200 g/mol. The molecule has 1 heterocycles. The standard InChI is InChI=1S/C9H12N2O4/c1-9(2,12)6-15-7-3-4-8(10-5-7)11(13)14/h3-5,12H,6H2,1-2H3. The summed E-state index contributed by atoms with van der Waals surface area (Å²) in [4.78, 5) is 13.3. The Labute approximate surface area is 86.7 Å². The fourth-order valence-electron chi connectivity index (χ4n) is 0.826. The Hall–Kier alpha value is -1.69. The molecule has 0 amide bonds. The van der Waals surface area contributed by atoms with Gasteiger partial charge in [0.2, 0.25) is 0 Å². The molecule has 82 valence electrons. The van der Waals surface area contributed by atoms with Crippen molar-refractivity contribution >= 4 is 5.82 Å². The van der Waals surface area contributed by atoms with Crippen LogP contribution < -0.4 is 4.74 Å². The van der Waals surface area contributed by atoms with Crippen molar-refractivity contribution in [2.75, 3.05) is 6.61 Å². The first-order chi connectivity index (χ1) is 6.88. The van der Waals surface area contributed by atoms with E-state index in [1.165, 1.54) is 18.3 Å². The summed E-state index contributed by atoms with van der Waals surface area (Å²) < 4.78 is 5.17. The Morgan fingerprint density at radius 1 is 1.60 bits per heavy atom. The van der Waals surface area contributed by atoms with Crippen molar-refractivity contribution in [2.45, 2.75) is 19.4 Å². The predicted molar refractivity (Wildman–Crippen MR) is 52.7 cm³/mol. The average molecular weight is 212 g/mol. The Bertz CT molecular complexity index is 342. The van der Waals surface area contributed by atoms with E-state index in [0.717, 1.165) is 0 Å². The van der Waals surface area contributed by atoms with Gasteiger partial charge in [-0.25, -0.2) is 0 Å². The molecule has 0 unspecified atom stereocenters. The van der Waals surface area contributed by atoms with Gasteiger partial charge < -0.3 is 20.0 Å². The van der Waals surface area contributed by atoms with Gasteiger partial charge in [-0.05, 0) is 29.8 Å². The molecule has 0 aliphatic rings. The zero-order chi connectivity index (χ0) is 11.5. The highest BCUT2D eigenvalue weighted by molar-refractivity contribution is 5.26. The van der Waals surface area contributed by atoms with E-state index in [0.29, 0.717) is 5.75 Å². The second-order valence-electron chi connectivity index (χ2n) is 3.71. The molecule has 0 saturated heterocycles. The highest BCUT2D eigenvalue weighted by atomic mass is 16.6. The maximum Gasteiger partial charge on any atom is 0.363 e. The van der Waals surface area contributed by atoms with Gasteiger partial charge in [0.05, 0.1) is 5.60 Å². The predicted octanol–water partition coefficient (Wildman–Crippen LogP) is 1.14. The van der Waals surface area contributed by atoms with Crippen LogP contribution in [0.15, 0.2) is 18.3 Å². The Balaban J connectivity index is 2.61. The lowest BCUT2D eigenvalue weighted by Gasteiger charge is -2.16. The van der Waals surface area contributed by atoms with Gasteiger partial charge in [0.1, 0.15) is 6.61 Å². The van der Waals surface area contributed by atoms with Gasteiger partial charge in [0.15, 0.2) is 11.9 Å². The van der Waals surface area contributed by atoms with Gasteiger partial charge >= 0.3 is 5.82 Å². The van der Waals surface area contributed by atoms with E-state index in [1.54, 1.807) is 13.8 Å². The Kier molecular flexibility index (Phi) is 3.21. The number of nitro groups is 1. The van der Waals surface area contributed by atoms with Crippen LogP contribution in [0.4, 0.5) is 5.82 Å². The molecule has 0 bridgehead atoms. The summed E-state index contributed by atoms with van der Waals surface area (Å²) >= 11 is 0. The second-order valence-corrected chi connectivity index (χ2v) is 3.71. The van der Waals surface area contributed by atoms with Crippen molar-refractivity contribution < 1.29 is 14.8 Å². The Morgan fingerprint density at radius 3 is 2.67 bits per heavy atom.